The molecule has 0 bridgehead atoms. The molecule has 1 aliphatic rings. The minimum Gasteiger partial charge on any atom is -0.457 e. The minimum absolute atomic E-state index is 0.0162. The van der Waals surface area contributed by atoms with Crippen molar-refractivity contribution in [1.82, 2.24) is 0 Å². The number of hydrogen-bond donors (Lipinski definition) is 0. The van der Waals surface area contributed by atoms with E-state index in [0.717, 1.165) is 0 Å². The summed E-state index contributed by atoms with van der Waals surface area (Å²) in [5.74, 6) is -1.84. The van der Waals surface area contributed by atoms with Crippen LogP contribution < -0.4 is 0 Å². The molecule has 1 unspecified atom stereocenters. The average Bonchev–Trinajstić information content (AvgIpc) is 2.18. The predicted octanol–water partition coefficient (Wildman–Crippen LogP) is -0.292. The van der Waals surface area contributed by atoms with Gasteiger partial charge in [-0.15, -0.1) is 0 Å². The monoisotopic (exact) mass is 156 g/mol. The van der Waals surface area contributed by atoms with E-state index in [1.165, 1.54) is 6.92 Å². The lowest BCUT2D eigenvalue weighted by molar-refractivity contribution is -0.142. The minimum atomic E-state index is -0.826. The zero-order valence-electron chi connectivity index (χ0n) is 6.12. The van der Waals surface area contributed by atoms with Crippen molar-refractivity contribution < 1.29 is 19.1 Å². The van der Waals surface area contributed by atoms with Crippen LogP contribution in [0.2, 0.25) is 0 Å². The van der Waals surface area contributed by atoms with Crippen molar-refractivity contribution in [2.75, 3.05) is 6.61 Å². The Hall–Kier alpha value is -1.19. The maximum absolute atomic E-state index is 10.8. The molecule has 0 radical (unpaired) electrons. The number of Topliss-reactive ketones (excluding diaryl/α,β-unsaturated/α-hetero) is 2. The third-order valence-corrected chi connectivity index (χ3v) is 1.52. The maximum Gasteiger partial charge on any atom is 0.317 e. The van der Waals surface area contributed by atoms with Crippen molar-refractivity contribution in [1.29, 1.82) is 0 Å². The van der Waals surface area contributed by atoms with Gasteiger partial charge in [-0.05, 0) is 6.92 Å². The molecule has 4 heteroatoms. The summed E-state index contributed by atoms with van der Waals surface area (Å²) in [6.07, 6.45) is -0.0162. The van der Waals surface area contributed by atoms with Crippen LogP contribution in [0.4, 0.5) is 0 Å². The van der Waals surface area contributed by atoms with E-state index in [2.05, 4.69) is 4.74 Å². The van der Waals surface area contributed by atoms with Gasteiger partial charge in [-0.1, -0.05) is 0 Å². The second-order valence-corrected chi connectivity index (χ2v) is 2.53. The second-order valence-electron chi connectivity index (χ2n) is 2.53. The Balaban J connectivity index is 2.62. The number of cyclic esters (lactones) is 1. The molecule has 1 aliphatic heterocycles. The molecular formula is C7H8O4. The van der Waals surface area contributed by atoms with Crippen LogP contribution in [0.5, 0.6) is 0 Å². The molecule has 1 fully saturated rings. The van der Waals surface area contributed by atoms with Crippen molar-refractivity contribution in [3.05, 3.63) is 0 Å². The molecule has 1 rings (SSSR count). The molecule has 0 saturated carbocycles. The van der Waals surface area contributed by atoms with Gasteiger partial charge in [0, 0.05) is 6.42 Å². The van der Waals surface area contributed by atoms with E-state index in [-0.39, 0.29) is 24.6 Å². The van der Waals surface area contributed by atoms with Crippen LogP contribution in [0.15, 0.2) is 0 Å². The van der Waals surface area contributed by atoms with Gasteiger partial charge < -0.3 is 4.74 Å². The van der Waals surface area contributed by atoms with Crippen molar-refractivity contribution in [3.8, 4) is 0 Å². The zero-order chi connectivity index (χ0) is 8.43. The molecule has 0 N–H and O–H groups in total. The van der Waals surface area contributed by atoms with E-state index in [9.17, 15) is 14.4 Å². The standard InChI is InChI=1S/C7H8O4/c1-4(8)2-5-6(9)3-11-7(5)10/h5H,2-3H2,1H3. The number of carbonyl (C=O) groups is 3. The van der Waals surface area contributed by atoms with E-state index in [4.69, 9.17) is 0 Å². The summed E-state index contributed by atoms with van der Waals surface area (Å²) in [6.45, 7) is 1.18. The van der Waals surface area contributed by atoms with Gasteiger partial charge >= 0.3 is 5.97 Å². The summed E-state index contributed by atoms with van der Waals surface area (Å²) in [7, 11) is 0. The Morgan fingerprint density at radius 3 is 2.64 bits per heavy atom. The highest BCUT2D eigenvalue weighted by Crippen LogP contribution is 2.14. The number of esters is 1. The van der Waals surface area contributed by atoms with Gasteiger partial charge in [0.25, 0.3) is 0 Å². The smallest absolute Gasteiger partial charge is 0.317 e. The highest BCUT2D eigenvalue weighted by atomic mass is 16.5. The molecule has 0 aromatic carbocycles. The molecule has 0 amide bonds. The molecule has 60 valence electrons. The summed E-state index contributed by atoms with van der Waals surface area (Å²) in [4.78, 5) is 32.1. The first-order valence-corrected chi connectivity index (χ1v) is 3.30. The van der Waals surface area contributed by atoms with Crippen molar-refractivity contribution in [2.45, 2.75) is 13.3 Å². The van der Waals surface area contributed by atoms with Gasteiger partial charge in [0.2, 0.25) is 0 Å². The summed E-state index contributed by atoms with van der Waals surface area (Å²) in [6, 6.07) is 0. The fourth-order valence-electron chi connectivity index (χ4n) is 0.960. The van der Waals surface area contributed by atoms with Gasteiger partial charge in [0.1, 0.15) is 11.7 Å². The highest BCUT2D eigenvalue weighted by Gasteiger charge is 2.35. The van der Waals surface area contributed by atoms with E-state index in [1.54, 1.807) is 0 Å². The normalized spacial score (nSPS) is 23.5. The lowest BCUT2D eigenvalue weighted by atomic mass is 10.0. The van der Waals surface area contributed by atoms with Crippen molar-refractivity contribution in [2.24, 2.45) is 5.92 Å². The van der Waals surface area contributed by atoms with E-state index < -0.39 is 11.9 Å². The number of ketones is 2. The van der Waals surface area contributed by atoms with Gasteiger partial charge in [0.05, 0.1) is 0 Å². The Labute approximate surface area is 63.5 Å². The van der Waals surface area contributed by atoms with Crippen LogP contribution >= 0.6 is 0 Å². The van der Waals surface area contributed by atoms with Crippen LogP contribution in [-0.2, 0) is 19.1 Å². The summed E-state index contributed by atoms with van der Waals surface area (Å²) in [5, 5.41) is 0. The SMILES string of the molecule is CC(=O)CC1C(=O)COC1=O. The van der Waals surface area contributed by atoms with Gasteiger partial charge in [-0.3, -0.25) is 14.4 Å². The Morgan fingerprint density at radius 1 is 1.64 bits per heavy atom. The molecule has 4 nitrogen and oxygen atoms in total. The maximum atomic E-state index is 10.8. The molecule has 1 saturated heterocycles. The van der Waals surface area contributed by atoms with Crippen LogP contribution in [0.25, 0.3) is 0 Å². The molecule has 11 heavy (non-hydrogen) atoms. The van der Waals surface area contributed by atoms with Gasteiger partial charge in [-0.2, -0.15) is 0 Å². The van der Waals surface area contributed by atoms with Gasteiger partial charge in [-0.25, -0.2) is 0 Å². The highest BCUT2D eigenvalue weighted by molar-refractivity contribution is 6.06. The summed E-state index contributed by atoms with van der Waals surface area (Å²) in [5.41, 5.74) is 0. The Kier molecular flexibility index (Phi) is 2.03. The zero-order valence-corrected chi connectivity index (χ0v) is 6.12. The van der Waals surface area contributed by atoms with E-state index >= 15 is 0 Å². The topological polar surface area (TPSA) is 60.4 Å². The van der Waals surface area contributed by atoms with Crippen LogP contribution in [0.3, 0.4) is 0 Å². The number of hydrogen-bond acceptors (Lipinski definition) is 4. The first-order chi connectivity index (χ1) is 5.11. The van der Waals surface area contributed by atoms with Crippen LogP contribution in [0.1, 0.15) is 13.3 Å². The quantitative estimate of drug-likeness (QED) is 0.407. The number of rotatable bonds is 2. The lowest BCUT2D eigenvalue weighted by Crippen LogP contribution is -2.18. The van der Waals surface area contributed by atoms with E-state index in [1.807, 2.05) is 0 Å². The Bertz CT molecular complexity index is 202. The first kappa shape index (κ1) is 7.91. The Morgan fingerprint density at radius 2 is 2.27 bits per heavy atom. The van der Waals surface area contributed by atoms with Gasteiger partial charge in [0.15, 0.2) is 12.4 Å². The van der Waals surface area contributed by atoms with E-state index in [0.29, 0.717) is 0 Å². The largest absolute Gasteiger partial charge is 0.457 e. The van der Waals surface area contributed by atoms with Crippen LogP contribution in [0, 0.1) is 5.92 Å². The fourth-order valence-corrected chi connectivity index (χ4v) is 0.960. The molecular weight excluding hydrogens is 148 g/mol. The third kappa shape index (κ3) is 1.63. The van der Waals surface area contributed by atoms with Crippen molar-refractivity contribution >= 4 is 17.5 Å². The first-order valence-electron chi connectivity index (χ1n) is 3.30. The molecule has 0 spiro atoms. The molecule has 0 aromatic heterocycles. The average molecular weight is 156 g/mol. The summed E-state index contributed by atoms with van der Waals surface area (Å²) >= 11 is 0. The number of ether oxygens (including phenoxy) is 1. The molecule has 1 atom stereocenters. The molecule has 1 heterocycles. The number of carbonyl (C=O) groups excluding carboxylic acids is 3. The molecule has 0 aromatic rings. The predicted molar refractivity (Wildman–Crippen MR) is 34.8 cm³/mol. The van der Waals surface area contributed by atoms with Crippen LogP contribution in [-0.4, -0.2) is 24.1 Å². The fraction of sp³-hybridized carbons (Fsp3) is 0.571. The second kappa shape index (κ2) is 2.82. The third-order valence-electron chi connectivity index (χ3n) is 1.52. The van der Waals surface area contributed by atoms with Crippen molar-refractivity contribution in [3.63, 3.8) is 0 Å². The molecule has 0 aliphatic carbocycles. The lowest BCUT2D eigenvalue weighted by Gasteiger charge is -1.97. The summed E-state index contributed by atoms with van der Waals surface area (Å²) < 4.78 is 4.44.